The predicted octanol–water partition coefficient (Wildman–Crippen LogP) is 0.972. The standard InChI is InChI=1S/C10H15NO4/c12-5-9-7-15-10(11-9)14-6-8-1-3-13-4-2-8/h7-8,12H,1-6H2. The first kappa shape index (κ1) is 10.4. The van der Waals surface area contributed by atoms with Crippen molar-refractivity contribution in [2.24, 2.45) is 5.92 Å². The van der Waals surface area contributed by atoms with Crippen LogP contribution in [0.1, 0.15) is 18.5 Å². The summed E-state index contributed by atoms with van der Waals surface area (Å²) in [4.78, 5) is 3.94. The fraction of sp³-hybridized carbons (Fsp3) is 0.700. The van der Waals surface area contributed by atoms with Gasteiger partial charge in [0.05, 0.1) is 13.2 Å². The van der Waals surface area contributed by atoms with Gasteiger partial charge in [0, 0.05) is 13.2 Å². The first-order chi connectivity index (χ1) is 7.38. The normalized spacial score (nSPS) is 17.9. The van der Waals surface area contributed by atoms with E-state index in [0.717, 1.165) is 26.1 Å². The SMILES string of the molecule is OCc1coc(OCC2CCOCC2)n1. The quantitative estimate of drug-likeness (QED) is 0.807. The van der Waals surface area contributed by atoms with E-state index < -0.39 is 0 Å². The van der Waals surface area contributed by atoms with Crippen molar-refractivity contribution in [3.05, 3.63) is 12.0 Å². The second-order valence-corrected chi connectivity index (χ2v) is 3.63. The summed E-state index contributed by atoms with van der Waals surface area (Å²) in [5.74, 6) is 0.517. The highest BCUT2D eigenvalue weighted by Crippen LogP contribution is 2.17. The van der Waals surface area contributed by atoms with E-state index in [1.807, 2.05) is 0 Å². The molecular formula is C10H15NO4. The summed E-state index contributed by atoms with van der Waals surface area (Å²) >= 11 is 0. The summed E-state index contributed by atoms with van der Waals surface area (Å²) in [7, 11) is 0. The van der Waals surface area contributed by atoms with Crippen LogP contribution in [0.2, 0.25) is 0 Å². The summed E-state index contributed by atoms with van der Waals surface area (Å²) < 4.78 is 15.7. The number of aliphatic hydroxyl groups is 1. The molecule has 1 aliphatic heterocycles. The molecule has 2 heterocycles. The Labute approximate surface area is 88.0 Å². The highest BCUT2D eigenvalue weighted by Gasteiger charge is 2.15. The van der Waals surface area contributed by atoms with Crippen LogP contribution in [-0.4, -0.2) is 29.9 Å². The van der Waals surface area contributed by atoms with E-state index in [9.17, 15) is 0 Å². The van der Waals surface area contributed by atoms with E-state index >= 15 is 0 Å². The lowest BCUT2D eigenvalue weighted by atomic mass is 10.0. The Kier molecular flexibility index (Phi) is 3.58. The number of aromatic nitrogens is 1. The van der Waals surface area contributed by atoms with Crippen LogP contribution in [0.3, 0.4) is 0 Å². The smallest absolute Gasteiger partial charge is 0.393 e. The molecule has 0 radical (unpaired) electrons. The average Bonchev–Trinajstić information content (AvgIpc) is 2.76. The lowest BCUT2D eigenvalue weighted by Gasteiger charge is -2.20. The van der Waals surface area contributed by atoms with Crippen molar-refractivity contribution in [2.45, 2.75) is 19.4 Å². The number of hydrogen-bond donors (Lipinski definition) is 1. The van der Waals surface area contributed by atoms with Gasteiger partial charge in [0.15, 0.2) is 0 Å². The van der Waals surface area contributed by atoms with Crippen LogP contribution in [0.5, 0.6) is 6.08 Å². The molecule has 1 fully saturated rings. The molecule has 84 valence electrons. The van der Waals surface area contributed by atoms with Gasteiger partial charge in [-0.1, -0.05) is 0 Å². The van der Waals surface area contributed by atoms with Crippen LogP contribution in [0, 0.1) is 5.92 Å². The fourth-order valence-corrected chi connectivity index (χ4v) is 1.53. The molecule has 1 aromatic heterocycles. The molecule has 5 heteroatoms. The van der Waals surface area contributed by atoms with Gasteiger partial charge in [-0.15, -0.1) is 0 Å². The molecule has 5 nitrogen and oxygen atoms in total. The maximum Gasteiger partial charge on any atom is 0.393 e. The van der Waals surface area contributed by atoms with Crippen molar-refractivity contribution in [2.75, 3.05) is 19.8 Å². The van der Waals surface area contributed by atoms with Gasteiger partial charge in [-0.25, -0.2) is 0 Å². The predicted molar refractivity (Wildman–Crippen MR) is 51.5 cm³/mol. The fourth-order valence-electron chi connectivity index (χ4n) is 1.53. The number of ether oxygens (including phenoxy) is 2. The minimum absolute atomic E-state index is 0.121. The number of rotatable bonds is 4. The molecule has 1 aliphatic rings. The zero-order valence-corrected chi connectivity index (χ0v) is 8.52. The van der Waals surface area contributed by atoms with Crippen molar-refractivity contribution in [1.29, 1.82) is 0 Å². The van der Waals surface area contributed by atoms with Crippen LogP contribution < -0.4 is 4.74 Å². The Hall–Kier alpha value is -1.07. The third-order valence-corrected chi connectivity index (χ3v) is 2.48. The first-order valence-electron chi connectivity index (χ1n) is 5.14. The van der Waals surface area contributed by atoms with E-state index in [0.29, 0.717) is 18.2 Å². The van der Waals surface area contributed by atoms with Crippen LogP contribution in [0.4, 0.5) is 0 Å². The van der Waals surface area contributed by atoms with Gasteiger partial charge in [0.25, 0.3) is 0 Å². The monoisotopic (exact) mass is 213 g/mol. The summed E-state index contributed by atoms with van der Waals surface area (Å²) in [6.07, 6.45) is 3.69. The lowest BCUT2D eigenvalue weighted by molar-refractivity contribution is 0.0445. The zero-order chi connectivity index (χ0) is 10.5. The van der Waals surface area contributed by atoms with Gasteiger partial charge in [-0.05, 0) is 18.8 Å². The van der Waals surface area contributed by atoms with Gasteiger partial charge in [-0.2, -0.15) is 4.98 Å². The topological polar surface area (TPSA) is 64.7 Å². The van der Waals surface area contributed by atoms with Gasteiger partial charge in [0.1, 0.15) is 12.0 Å². The molecule has 0 aliphatic carbocycles. The lowest BCUT2D eigenvalue weighted by Crippen LogP contribution is -2.21. The molecule has 0 spiro atoms. The maximum absolute atomic E-state index is 8.77. The van der Waals surface area contributed by atoms with Gasteiger partial charge < -0.3 is 19.0 Å². The summed E-state index contributed by atoms with van der Waals surface area (Å²) in [6, 6.07) is 0. The third-order valence-electron chi connectivity index (χ3n) is 2.48. The average molecular weight is 213 g/mol. The van der Waals surface area contributed by atoms with Crippen LogP contribution in [0.15, 0.2) is 10.7 Å². The number of aliphatic hydroxyl groups excluding tert-OH is 1. The Morgan fingerprint density at radius 2 is 2.27 bits per heavy atom. The van der Waals surface area contributed by atoms with E-state index in [2.05, 4.69) is 4.98 Å². The van der Waals surface area contributed by atoms with Crippen molar-refractivity contribution < 1.29 is 19.0 Å². The number of hydrogen-bond acceptors (Lipinski definition) is 5. The Balaban J connectivity index is 1.76. The van der Waals surface area contributed by atoms with Crippen molar-refractivity contribution in [3.63, 3.8) is 0 Å². The molecule has 1 N–H and O–H groups in total. The van der Waals surface area contributed by atoms with E-state index in [-0.39, 0.29) is 12.7 Å². The summed E-state index contributed by atoms with van der Waals surface area (Å²) in [5, 5.41) is 8.77. The largest absolute Gasteiger partial charge is 0.450 e. The van der Waals surface area contributed by atoms with Crippen molar-refractivity contribution in [3.8, 4) is 6.08 Å². The Bertz CT molecular complexity index is 293. The Morgan fingerprint density at radius 3 is 2.93 bits per heavy atom. The molecule has 0 atom stereocenters. The highest BCUT2D eigenvalue weighted by molar-refractivity contribution is 4.97. The van der Waals surface area contributed by atoms with E-state index in [1.54, 1.807) is 0 Å². The maximum atomic E-state index is 8.77. The van der Waals surface area contributed by atoms with Crippen molar-refractivity contribution >= 4 is 0 Å². The second-order valence-electron chi connectivity index (χ2n) is 3.63. The third kappa shape index (κ3) is 2.94. The molecule has 2 rings (SSSR count). The number of nitrogens with zero attached hydrogens (tertiary/aromatic N) is 1. The van der Waals surface area contributed by atoms with Gasteiger partial charge >= 0.3 is 6.08 Å². The molecule has 0 bridgehead atoms. The molecule has 15 heavy (non-hydrogen) atoms. The Morgan fingerprint density at radius 1 is 1.47 bits per heavy atom. The van der Waals surface area contributed by atoms with Crippen LogP contribution in [-0.2, 0) is 11.3 Å². The summed E-state index contributed by atoms with van der Waals surface area (Å²) in [6.45, 7) is 2.10. The van der Waals surface area contributed by atoms with Crippen molar-refractivity contribution in [1.82, 2.24) is 4.98 Å². The highest BCUT2D eigenvalue weighted by atomic mass is 16.6. The molecule has 0 amide bonds. The molecule has 1 saturated heterocycles. The minimum atomic E-state index is -0.121. The van der Waals surface area contributed by atoms with E-state index in [4.69, 9.17) is 19.0 Å². The van der Waals surface area contributed by atoms with Crippen LogP contribution >= 0.6 is 0 Å². The molecule has 0 saturated carbocycles. The molecule has 0 unspecified atom stereocenters. The van der Waals surface area contributed by atoms with Gasteiger partial charge in [-0.3, -0.25) is 0 Å². The minimum Gasteiger partial charge on any atom is -0.450 e. The first-order valence-corrected chi connectivity index (χ1v) is 5.14. The number of oxazole rings is 1. The van der Waals surface area contributed by atoms with Crippen LogP contribution in [0.25, 0.3) is 0 Å². The molecule has 1 aromatic rings. The second kappa shape index (κ2) is 5.14. The van der Waals surface area contributed by atoms with Gasteiger partial charge in [0.2, 0.25) is 0 Å². The molecule has 0 aromatic carbocycles. The summed E-state index contributed by atoms with van der Waals surface area (Å²) in [5.41, 5.74) is 0.497. The zero-order valence-electron chi connectivity index (χ0n) is 8.52. The molecular weight excluding hydrogens is 198 g/mol. The van der Waals surface area contributed by atoms with E-state index in [1.165, 1.54) is 6.26 Å².